The van der Waals surface area contributed by atoms with Gasteiger partial charge in [-0.1, -0.05) is 0 Å². The third-order valence-corrected chi connectivity index (χ3v) is 3.23. The van der Waals surface area contributed by atoms with E-state index in [2.05, 4.69) is 5.32 Å². The van der Waals surface area contributed by atoms with E-state index < -0.39 is 5.60 Å². The Bertz CT molecular complexity index is 335. The van der Waals surface area contributed by atoms with Gasteiger partial charge < -0.3 is 15.0 Å². The number of amides is 2. The summed E-state index contributed by atoms with van der Waals surface area (Å²) in [6.45, 7) is 6.80. The molecule has 2 atom stereocenters. The predicted molar refractivity (Wildman–Crippen MR) is 62.5 cm³/mol. The minimum absolute atomic E-state index is 0.0221. The van der Waals surface area contributed by atoms with Crippen molar-refractivity contribution in [1.82, 2.24) is 10.2 Å². The van der Waals surface area contributed by atoms with Crippen LogP contribution in [0.4, 0.5) is 4.79 Å². The quantitative estimate of drug-likeness (QED) is 0.690. The Kier molecular flexibility index (Phi) is 3.02. The lowest BCUT2D eigenvalue weighted by Crippen LogP contribution is -2.50. The number of hydrogen-bond donors (Lipinski definition) is 1. The number of carbonyl (C=O) groups excluding carboxylic acids is 2. The number of likely N-dealkylation sites (tertiary alicyclic amines) is 1. The molecular formula is C12H20N2O3. The molecular weight excluding hydrogens is 220 g/mol. The molecule has 0 radical (unpaired) electrons. The van der Waals surface area contributed by atoms with E-state index in [4.69, 9.17) is 4.74 Å². The third kappa shape index (κ3) is 2.53. The van der Waals surface area contributed by atoms with Crippen LogP contribution in [0.25, 0.3) is 0 Å². The lowest BCUT2D eigenvalue weighted by molar-refractivity contribution is -0.123. The smallest absolute Gasteiger partial charge is 0.410 e. The predicted octanol–water partition coefficient (Wildman–Crippen LogP) is 1.13. The highest BCUT2D eigenvalue weighted by molar-refractivity contribution is 5.83. The zero-order valence-corrected chi connectivity index (χ0v) is 10.7. The molecule has 2 saturated heterocycles. The van der Waals surface area contributed by atoms with E-state index in [-0.39, 0.29) is 24.0 Å². The van der Waals surface area contributed by atoms with Crippen LogP contribution in [0, 0.1) is 5.92 Å². The average molecular weight is 240 g/mol. The molecule has 1 N–H and O–H groups in total. The third-order valence-electron chi connectivity index (χ3n) is 3.23. The van der Waals surface area contributed by atoms with Gasteiger partial charge in [-0.05, 0) is 33.6 Å². The fraction of sp³-hybridized carbons (Fsp3) is 0.833. The minimum atomic E-state index is -0.486. The summed E-state index contributed by atoms with van der Waals surface area (Å²) < 4.78 is 5.37. The number of fused-ring (bicyclic) bond motifs is 1. The maximum atomic E-state index is 12.0. The molecule has 5 nitrogen and oxygen atoms in total. The van der Waals surface area contributed by atoms with Gasteiger partial charge in [0.15, 0.2) is 0 Å². The first-order chi connectivity index (χ1) is 7.88. The van der Waals surface area contributed by atoms with Crippen molar-refractivity contribution >= 4 is 12.0 Å². The molecule has 0 spiro atoms. The van der Waals surface area contributed by atoms with Gasteiger partial charge in [0, 0.05) is 13.1 Å². The van der Waals surface area contributed by atoms with Crippen molar-refractivity contribution in [1.29, 1.82) is 0 Å². The number of carbonyl (C=O) groups is 2. The van der Waals surface area contributed by atoms with E-state index in [1.807, 2.05) is 20.8 Å². The fourth-order valence-corrected chi connectivity index (χ4v) is 2.50. The molecule has 0 aromatic rings. The summed E-state index contributed by atoms with van der Waals surface area (Å²) in [4.78, 5) is 25.3. The van der Waals surface area contributed by atoms with E-state index >= 15 is 0 Å². The monoisotopic (exact) mass is 240 g/mol. The van der Waals surface area contributed by atoms with E-state index in [9.17, 15) is 9.59 Å². The Labute approximate surface area is 101 Å². The summed E-state index contributed by atoms with van der Waals surface area (Å²) >= 11 is 0. The number of hydrogen-bond acceptors (Lipinski definition) is 3. The molecule has 2 rings (SSSR count). The molecule has 2 amide bonds. The first kappa shape index (κ1) is 12.2. The van der Waals surface area contributed by atoms with Crippen molar-refractivity contribution in [2.24, 2.45) is 5.92 Å². The molecule has 2 fully saturated rings. The summed E-state index contributed by atoms with van der Waals surface area (Å²) in [6, 6.07) is -0.0221. The number of rotatable bonds is 0. The van der Waals surface area contributed by atoms with Crippen molar-refractivity contribution in [3.8, 4) is 0 Å². The zero-order valence-electron chi connectivity index (χ0n) is 10.7. The molecule has 0 saturated carbocycles. The fourth-order valence-electron chi connectivity index (χ4n) is 2.50. The van der Waals surface area contributed by atoms with Gasteiger partial charge in [0.1, 0.15) is 5.60 Å². The number of nitrogens with zero attached hydrogens (tertiary/aromatic N) is 1. The first-order valence-corrected chi connectivity index (χ1v) is 6.16. The van der Waals surface area contributed by atoms with Crippen molar-refractivity contribution in [3.05, 3.63) is 0 Å². The summed E-state index contributed by atoms with van der Waals surface area (Å²) in [7, 11) is 0. The molecule has 96 valence electrons. The molecule has 5 heteroatoms. The van der Waals surface area contributed by atoms with Crippen LogP contribution in [0.3, 0.4) is 0 Å². The van der Waals surface area contributed by atoms with Crippen molar-refractivity contribution in [2.45, 2.75) is 45.3 Å². The molecule has 0 aromatic carbocycles. The van der Waals surface area contributed by atoms with Crippen LogP contribution in [0.1, 0.15) is 33.6 Å². The van der Waals surface area contributed by atoms with Crippen LogP contribution < -0.4 is 5.32 Å². The van der Waals surface area contributed by atoms with Crippen LogP contribution in [0.5, 0.6) is 0 Å². The molecule has 2 aliphatic heterocycles. The lowest BCUT2D eigenvalue weighted by atomic mass is 9.92. The van der Waals surface area contributed by atoms with Gasteiger partial charge in [-0.2, -0.15) is 0 Å². The Morgan fingerprint density at radius 3 is 2.82 bits per heavy atom. The number of nitrogens with one attached hydrogen (secondary N) is 1. The summed E-state index contributed by atoms with van der Waals surface area (Å²) in [5.41, 5.74) is -0.486. The second kappa shape index (κ2) is 4.20. The van der Waals surface area contributed by atoms with Crippen LogP contribution in [0.2, 0.25) is 0 Å². The molecule has 2 heterocycles. The van der Waals surface area contributed by atoms with Gasteiger partial charge in [-0.15, -0.1) is 0 Å². The summed E-state index contributed by atoms with van der Waals surface area (Å²) in [5, 5.41) is 2.82. The van der Waals surface area contributed by atoms with Gasteiger partial charge >= 0.3 is 6.09 Å². The van der Waals surface area contributed by atoms with Crippen LogP contribution in [-0.2, 0) is 9.53 Å². The van der Waals surface area contributed by atoms with E-state index in [0.717, 1.165) is 12.8 Å². The lowest BCUT2D eigenvalue weighted by Gasteiger charge is -2.36. The maximum absolute atomic E-state index is 12.0. The molecule has 0 aliphatic carbocycles. The molecule has 0 bridgehead atoms. The van der Waals surface area contributed by atoms with E-state index in [0.29, 0.717) is 13.1 Å². The Hall–Kier alpha value is -1.26. The van der Waals surface area contributed by atoms with Gasteiger partial charge in [-0.3, -0.25) is 4.79 Å². The van der Waals surface area contributed by atoms with Gasteiger partial charge in [0.25, 0.3) is 0 Å². The highest BCUT2D eigenvalue weighted by Gasteiger charge is 2.43. The van der Waals surface area contributed by atoms with Gasteiger partial charge in [-0.25, -0.2) is 4.79 Å². The van der Waals surface area contributed by atoms with Gasteiger partial charge in [0.05, 0.1) is 12.0 Å². The van der Waals surface area contributed by atoms with Crippen LogP contribution in [0.15, 0.2) is 0 Å². The van der Waals surface area contributed by atoms with E-state index in [1.54, 1.807) is 4.90 Å². The minimum Gasteiger partial charge on any atom is -0.444 e. The SMILES string of the molecule is CC(C)(C)OC(=O)N1CCCC2C(=O)NCC21. The maximum Gasteiger partial charge on any atom is 0.410 e. The average Bonchev–Trinajstić information content (AvgIpc) is 2.58. The molecule has 2 unspecified atom stereocenters. The second-order valence-corrected chi connectivity index (χ2v) is 5.73. The topological polar surface area (TPSA) is 58.6 Å². The Morgan fingerprint density at radius 2 is 2.18 bits per heavy atom. The van der Waals surface area contributed by atoms with Crippen molar-refractivity contribution in [3.63, 3.8) is 0 Å². The Balaban J connectivity index is 2.05. The molecule has 2 aliphatic rings. The highest BCUT2D eigenvalue weighted by atomic mass is 16.6. The van der Waals surface area contributed by atoms with Crippen LogP contribution >= 0.6 is 0 Å². The second-order valence-electron chi connectivity index (χ2n) is 5.73. The number of ether oxygens (including phenoxy) is 1. The normalized spacial score (nSPS) is 28.6. The number of piperidine rings is 1. The standard InChI is InChI=1S/C12H20N2O3/c1-12(2,3)17-11(16)14-6-4-5-8-9(14)7-13-10(8)15/h8-9H,4-7H2,1-3H3,(H,13,15). The van der Waals surface area contributed by atoms with Crippen molar-refractivity contribution in [2.75, 3.05) is 13.1 Å². The molecule has 0 aromatic heterocycles. The Morgan fingerprint density at radius 1 is 1.47 bits per heavy atom. The first-order valence-electron chi connectivity index (χ1n) is 6.16. The van der Waals surface area contributed by atoms with E-state index in [1.165, 1.54) is 0 Å². The largest absolute Gasteiger partial charge is 0.444 e. The summed E-state index contributed by atoms with van der Waals surface area (Å²) in [6.07, 6.45) is 1.44. The van der Waals surface area contributed by atoms with Crippen LogP contribution in [-0.4, -0.2) is 41.6 Å². The zero-order chi connectivity index (χ0) is 12.6. The molecule has 17 heavy (non-hydrogen) atoms. The van der Waals surface area contributed by atoms with Gasteiger partial charge in [0.2, 0.25) is 5.91 Å². The summed E-state index contributed by atoms with van der Waals surface area (Å²) in [5.74, 6) is 0.0273. The highest BCUT2D eigenvalue weighted by Crippen LogP contribution is 2.28. The van der Waals surface area contributed by atoms with Crippen molar-refractivity contribution < 1.29 is 14.3 Å².